The van der Waals surface area contributed by atoms with E-state index < -0.39 is 51.7 Å². The highest BCUT2D eigenvalue weighted by Gasteiger charge is 2.49. The van der Waals surface area contributed by atoms with E-state index in [-0.39, 0.29) is 23.6 Å². The highest BCUT2D eigenvalue weighted by molar-refractivity contribution is 7.89. The van der Waals surface area contributed by atoms with Gasteiger partial charge in [-0.2, -0.15) is 17.5 Å². The van der Waals surface area contributed by atoms with E-state index in [2.05, 4.69) is 15.3 Å². The van der Waals surface area contributed by atoms with Crippen LogP contribution in [0.2, 0.25) is 0 Å². The van der Waals surface area contributed by atoms with E-state index in [1.165, 1.54) is 31.3 Å². The molecule has 13 heteroatoms. The molecule has 1 aliphatic rings. The Hall–Kier alpha value is -3.45. The van der Waals surface area contributed by atoms with Gasteiger partial charge >= 0.3 is 6.18 Å². The van der Waals surface area contributed by atoms with Gasteiger partial charge < -0.3 is 5.32 Å². The predicted molar refractivity (Wildman–Crippen MR) is 123 cm³/mol. The van der Waals surface area contributed by atoms with Gasteiger partial charge in [0, 0.05) is 24.4 Å². The summed E-state index contributed by atoms with van der Waals surface area (Å²) in [7, 11) is -4.31. The molecule has 1 saturated heterocycles. The van der Waals surface area contributed by atoms with Crippen molar-refractivity contribution in [1.29, 1.82) is 0 Å². The Bertz CT molecular complexity index is 1380. The summed E-state index contributed by atoms with van der Waals surface area (Å²) in [5.41, 5.74) is 0.134. The monoisotopic (exact) mass is 540 g/mol. The number of rotatable bonds is 6. The zero-order valence-corrected chi connectivity index (χ0v) is 20.1. The minimum atomic E-state index is -4.52. The number of carbonyl (C=O) groups is 1. The molecule has 0 spiro atoms. The van der Waals surface area contributed by atoms with E-state index in [1.54, 1.807) is 0 Å². The van der Waals surface area contributed by atoms with E-state index >= 15 is 0 Å². The molecule has 0 radical (unpaired) electrons. The van der Waals surface area contributed by atoms with Crippen LogP contribution in [0.3, 0.4) is 0 Å². The van der Waals surface area contributed by atoms with Crippen LogP contribution < -0.4 is 5.32 Å². The largest absolute Gasteiger partial charge is 0.417 e. The molecular weight excluding hydrogens is 519 g/mol. The summed E-state index contributed by atoms with van der Waals surface area (Å²) in [6.07, 6.45) is -4.39. The minimum absolute atomic E-state index is 0.153. The Kier molecular flexibility index (Phi) is 7.29. The fourth-order valence-electron chi connectivity index (χ4n) is 4.06. The van der Waals surface area contributed by atoms with Gasteiger partial charge in [-0.05, 0) is 55.5 Å². The van der Waals surface area contributed by atoms with Crippen LogP contribution in [0.4, 0.5) is 22.0 Å². The smallest absolute Gasteiger partial charge is 0.349 e. The van der Waals surface area contributed by atoms with Crippen LogP contribution in [0.25, 0.3) is 11.3 Å². The molecule has 0 bridgehead atoms. The van der Waals surface area contributed by atoms with Crippen LogP contribution in [0, 0.1) is 5.82 Å². The number of halogens is 5. The van der Waals surface area contributed by atoms with E-state index in [0.717, 1.165) is 34.6 Å². The molecule has 3 aromatic rings. The van der Waals surface area contributed by atoms with E-state index in [0.29, 0.717) is 17.5 Å². The van der Waals surface area contributed by atoms with Crippen molar-refractivity contribution in [2.24, 2.45) is 0 Å². The molecule has 3 heterocycles. The third-order valence-corrected chi connectivity index (χ3v) is 8.03. The predicted octanol–water partition coefficient (Wildman–Crippen LogP) is 4.11. The van der Waals surface area contributed by atoms with Crippen molar-refractivity contribution in [1.82, 2.24) is 19.6 Å². The standard InChI is InChI=1S/C24H21F5N4O3S/c1-14-20(26)11-22(33(14)37(35,36)19-5-3-17(25)4-6-19)23(34)32-13-18-10-15(8-9-30-18)21-7-2-16(12-31-21)24(27,28)29/h2-10,12,14,20,22H,11,13H2,1H3,(H,32,34)/t14-,20+,22-/m0/s1. The van der Waals surface area contributed by atoms with Gasteiger partial charge in [-0.15, -0.1) is 0 Å². The summed E-state index contributed by atoms with van der Waals surface area (Å²) in [4.78, 5) is 20.6. The van der Waals surface area contributed by atoms with Gasteiger partial charge in [-0.1, -0.05) is 0 Å². The first-order valence-corrected chi connectivity index (χ1v) is 12.5. The van der Waals surface area contributed by atoms with Crippen LogP contribution in [0.5, 0.6) is 0 Å². The first kappa shape index (κ1) is 26.6. The lowest BCUT2D eigenvalue weighted by molar-refractivity contribution is -0.137. The summed E-state index contributed by atoms with van der Waals surface area (Å²) in [5, 5.41) is 2.55. The summed E-state index contributed by atoms with van der Waals surface area (Å²) >= 11 is 0. The Balaban J connectivity index is 1.49. The SMILES string of the molecule is C[C@H]1[C@H](F)C[C@@H](C(=O)NCc2cc(-c3ccc(C(F)(F)F)cn3)ccn2)N1S(=O)(=O)c1ccc(F)cc1. The maximum atomic E-state index is 14.6. The lowest BCUT2D eigenvalue weighted by atomic mass is 10.1. The molecule has 1 aliphatic heterocycles. The Morgan fingerprint density at radius 3 is 2.43 bits per heavy atom. The molecule has 0 aliphatic carbocycles. The Morgan fingerprint density at radius 1 is 1.11 bits per heavy atom. The van der Waals surface area contributed by atoms with Gasteiger partial charge in [0.1, 0.15) is 18.0 Å². The Morgan fingerprint density at radius 2 is 1.81 bits per heavy atom. The van der Waals surface area contributed by atoms with Crippen LogP contribution in [0.1, 0.15) is 24.6 Å². The van der Waals surface area contributed by atoms with Gasteiger partial charge in [0.05, 0.1) is 34.4 Å². The quantitative estimate of drug-likeness (QED) is 0.476. The summed E-state index contributed by atoms with van der Waals surface area (Å²) in [6.45, 7) is 1.20. The average Bonchev–Trinajstić information content (AvgIpc) is 3.17. The molecule has 2 aromatic heterocycles. The van der Waals surface area contributed by atoms with Crippen molar-refractivity contribution in [2.45, 2.75) is 49.2 Å². The number of pyridine rings is 2. The molecular formula is C24H21F5N4O3S. The number of carbonyl (C=O) groups excluding carboxylic acids is 1. The fraction of sp³-hybridized carbons (Fsp3) is 0.292. The zero-order chi connectivity index (χ0) is 27.0. The third-order valence-electron chi connectivity index (χ3n) is 6.02. The molecule has 0 unspecified atom stereocenters. The first-order chi connectivity index (χ1) is 17.4. The molecule has 37 heavy (non-hydrogen) atoms. The maximum absolute atomic E-state index is 14.6. The number of alkyl halides is 4. The van der Waals surface area contributed by atoms with Crippen molar-refractivity contribution in [2.75, 3.05) is 0 Å². The highest BCUT2D eigenvalue weighted by Crippen LogP contribution is 2.33. The van der Waals surface area contributed by atoms with Gasteiger partial charge in [0.15, 0.2) is 0 Å². The minimum Gasteiger partial charge on any atom is -0.349 e. The molecule has 7 nitrogen and oxygen atoms in total. The molecule has 4 rings (SSSR count). The maximum Gasteiger partial charge on any atom is 0.417 e. The molecule has 1 aromatic carbocycles. The summed E-state index contributed by atoms with van der Waals surface area (Å²) in [6, 6.07) is 6.68. The molecule has 196 valence electrons. The highest BCUT2D eigenvalue weighted by atomic mass is 32.2. The first-order valence-electron chi connectivity index (χ1n) is 11.1. The van der Waals surface area contributed by atoms with Gasteiger partial charge in [-0.3, -0.25) is 14.8 Å². The number of hydrogen-bond acceptors (Lipinski definition) is 5. The van der Waals surface area contributed by atoms with Gasteiger partial charge in [-0.25, -0.2) is 17.2 Å². The van der Waals surface area contributed by atoms with Crippen molar-refractivity contribution in [3.05, 3.63) is 78.0 Å². The molecule has 0 saturated carbocycles. The second kappa shape index (κ2) is 10.1. The van der Waals surface area contributed by atoms with Gasteiger partial charge in [0.2, 0.25) is 15.9 Å². The normalized spacial score (nSPS) is 20.6. The number of hydrogen-bond donors (Lipinski definition) is 1. The van der Waals surface area contributed by atoms with E-state index in [9.17, 15) is 35.2 Å². The summed E-state index contributed by atoms with van der Waals surface area (Å²) < 4.78 is 93.3. The number of aromatic nitrogens is 2. The molecule has 1 fully saturated rings. The van der Waals surface area contributed by atoms with Crippen LogP contribution in [-0.4, -0.2) is 46.9 Å². The molecule has 3 atom stereocenters. The number of sulfonamides is 1. The fourth-order valence-corrected chi connectivity index (χ4v) is 5.87. The van der Waals surface area contributed by atoms with E-state index in [4.69, 9.17) is 0 Å². The number of amides is 1. The number of nitrogens with zero attached hydrogens (tertiary/aromatic N) is 3. The van der Waals surface area contributed by atoms with Crippen molar-refractivity contribution in [3.8, 4) is 11.3 Å². The lowest BCUT2D eigenvalue weighted by Gasteiger charge is -2.26. The van der Waals surface area contributed by atoms with Crippen LogP contribution in [0.15, 0.2) is 65.8 Å². The Labute approximate surface area is 209 Å². The molecule has 1 N–H and O–H groups in total. The van der Waals surface area contributed by atoms with E-state index in [1.807, 2.05) is 0 Å². The third kappa shape index (κ3) is 5.62. The number of benzene rings is 1. The zero-order valence-electron chi connectivity index (χ0n) is 19.3. The van der Waals surface area contributed by atoms with Crippen molar-refractivity contribution < 1.29 is 35.2 Å². The van der Waals surface area contributed by atoms with Crippen molar-refractivity contribution >= 4 is 15.9 Å². The summed E-state index contributed by atoms with van der Waals surface area (Å²) in [5.74, 6) is -1.40. The van der Waals surface area contributed by atoms with Crippen LogP contribution >= 0.6 is 0 Å². The topological polar surface area (TPSA) is 92.3 Å². The van der Waals surface area contributed by atoms with Crippen LogP contribution in [-0.2, 0) is 27.5 Å². The second-order valence-electron chi connectivity index (χ2n) is 8.48. The average molecular weight is 541 g/mol. The second-order valence-corrected chi connectivity index (χ2v) is 10.3. The van der Waals surface area contributed by atoms with Gasteiger partial charge in [0.25, 0.3) is 0 Å². The lowest BCUT2D eigenvalue weighted by Crippen LogP contribution is -2.48. The number of nitrogens with one attached hydrogen (secondary N) is 1. The van der Waals surface area contributed by atoms with Crippen molar-refractivity contribution in [3.63, 3.8) is 0 Å². The molecule has 1 amide bonds.